The summed E-state index contributed by atoms with van der Waals surface area (Å²) in [5, 5.41) is 2.09. The highest BCUT2D eigenvalue weighted by Crippen LogP contribution is 2.33. The Bertz CT molecular complexity index is 1290. The number of pyridine rings is 1. The molecule has 3 aromatic rings. The zero-order valence-electron chi connectivity index (χ0n) is 21.3. The van der Waals surface area contributed by atoms with E-state index >= 15 is 0 Å². The van der Waals surface area contributed by atoms with Crippen molar-refractivity contribution in [1.29, 1.82) is 0 Å². The molecule has 37 heavy (non-hydrogen) atoms. The third-order valence-corrected chi connectivity index (χ3v) is 7.45. The normalized spacial score (nSPS) is 15.0. The molecule has 1 fully saturated rings. The molecule has 0 bridgehead atoms. The van der Waals surface area contributed by atoms with Gasteiger partial charge in [-0.3, -0.25) is 19.1 Å². The van der Waals surface area contributed by atoms with Crippen molar-refractivity contribution < 1.29 is 14.3 Å². The van der Waals surface area contributed by atoms with Gasteiger partial charge in [0.2, 0.25) is 5.87 Å². The van der Waals surface area contributed by atoms with Crippen LogP contribution in [-0.4, -0.2) is 61.9 Å². The molecule has 2 aromatic carbocycles. The summed E-state index contributed by atoms with van der Waals surface area (Å²) in [5.74, 6) is 0.339. The number of halogens is 2. The van der Waals surface area contributed by atoms with Gasteiger partial charge >= 0.3 is 0 Å². The number of aromatic nitrogens is 1. The number of anilines is 1. The van der Waals surface area contributed by atoms with Gasteiger partial charge in [0, 0.05) is 38.3 Å². The molecule has 7 nitrogen and oxygen atoms in total. The summed E-state index contributed by atoms with van der Waals surface area (Å²) in [6.45, 7) is 8.82. The summed E-state index contributed by atoms with van der Waals surface area (Å²) in [5.41, 5.74) is 1.46. The molecule has 0 radical (unpaired) electrons. The predicted molar refractivity (Wildman–Crippen MR) is 152 cm³/mol. The lowest BCUT2D eigenvalue weighted by Crippen LogP contribution is -2.46. The Morgan fingerprint density at radius 2 is 1.81 bits per heavy atom. The first-order valence-corrected chi connectivity index (χ1v) is 13.5. The summed E-state index contributed by atoms with van der Waals surface area (Å²) >= 11 is 12.6. The Labute approximate surface area is 228 Å². The minimum Gasteiger partial charge on any atom is -0.494 e. The van der Waals surface area contributed by atoms with Crippen LogP contribution >= 0.6 is 23.2 Å². The molecule has 1 aliphatic heterocycles. The summed E-state index contributed by atoms with van der Waals surface area (Å²) < 4.78 is 12.9. The molecule has 196 valence electrons. The number of fused-ring (bicyclic) bond motifs is 1. The lowest BCUT2D eigenvalue weighted by Gasteiger charge is -2.36. The molecule has 1 saturated heterocycles. The highest BCUT2D eigenvalue weighted by molar-refractivity contribution is 6.70. The molecule has 0 amide bonds. The minimum atomic E-state index is -0.700. The van der Waals surface area contributed by atoms with Gasteiger partial charge in [0.1, 0.15) is 5.75 Å². The Kier molecular flexibility index (Phi) is 9.41. The first-order valence-electron chi connectivity index (χ1n) is 12.8. The van der Waals surface area contributed by atoms with Crippen LogP contribution in [0.2, 0.25) is 16.9 Å². The second kappa shape index (κ2) is 12.7. The van der Waals surface area contributed by atoms with Gasteiger partial charge in [-0.1, -0.05) is 36.1 Å². The van der Waals surface area contributed by atoms with Crippen molar-refractivity contribution in [2.45, 2.75) is 32.8 Å². The van der Waals surface area contributed by atoms with Gasteiger partial charge in [0.25, 0.3) is 12.8 Å². The van der Waals surface area contributed by atoms with Gasteiger partial charge in [-0.05, 0) is 62.0 Å². The lowest BCUT2D eigenvalue weighted by atomic mass is 9.83. The lowest BCUT2D eigenvalue weighted by molar-refractivity contribution is 0.0889. The van der Waals surface area contributed by atoms with E-state index in [1.165, 1.54) is 10.6 Å². The van der Waals surface area contributed by atoms with Gasteiger partial charge in [0.15, 0.2) is 6.23 Å². The minimum absolute atomic E-state index is 0.223. The van der Waals surface area contributed by atoms with Crippen molar-refractivity contribution in [1.82, 2.24) is 9.47 Å². The van der Waals surface area contributed by atoms with E-state index in [1.807, 2.05) is 36.4 Å². The van der Waals surface area contributed by atoms with Crippen molar-refractivity contribution >= 4 is 52.9 Å². The Morgan fingerprint density at radius 1 is 1.05 bits per heavy atom. The fourth-order valence-electron chi connectivity index (χ4n) is 4.60. The van der Waals surface area contributed by atoms with E-state index in [4.69, 9.17) is 32.7 Å². The molecule has 1 unspecified atom stereocenters. The molecular formula is C27H32BCl2N3O4. The number of ether oxygens (including phenoxy) is 2. The van der Waals surface area contributed by atoms with E-state index in [-0.39, 0.29) is 18.7 Å². The maximum Gasteiger partial charge on any atom is 0.257 e. The highest BCUT2D eigenvalue weighted by atomic mass is 35.5. The van der Waals surface area contributed by atoms with E-state index < -0.39 is 6.23 Å². The number of hydrogen-bond acceptors (Lipinski definition) is 6. The van der Waals surface area contributed by atoms with Crippen LogP contribution in [0.25, 0.3) is 10.9 Å². The molecule has 0 saturated carbocycles. The average molecular weight is 544 g/mol. The van der Waals surface area contributed by atoms with Gasteiger partial charge in [-0.15, -0.1) is 0 Å². The zero-order chi connectivity index (χ0) is 26.4. The van der Waals surface area contributed by atoms with Crippen LogP contribution in [0.15, 0.2) is 53.3 Å². The van der Waals surface area contributed by atoms with Crippen molar-refractivity contribution in [2.24, 2.45) is 0 Å². The van der Waals surface area contributed by atoms with E-state index in [1.54, 1.807) is 19.8 Å². The largest absolute Gasteiger partial charge is 0.494 e. The van der Waals surface area contributed by atoms with Crippen molar-refractivity contribution in [3.05, 3.63) is 68.9 Å². The van der Waals surface area contributed by atoms with Gasteiger partial charge < -0.3 is 14.4 Å². The van der Waals surface area contributed by atoms with Crippen LogP contribution in [0, 0.1) is 0 Å². The average Bonchev–Trinajstić information content (AvgIpc) is 2.90. The van der Waals surface area contributed by atoms with E-state index in [2.05, 4.69) is 9.80 Å². The second-order valence-corrected chi connectivity index (χ2v) is 9.95. The molecule has 10 heteroatoms. The summed E-state index contributed by atoms with van der Waals surface area (Å²) in [4.78, 5) is 29.1. The molecule has 2 heterocycles. The van der Waals surface area contributed by atoms with Gasteiger partial charge in [0.05, 0.1) is 27.9 Å². The maximum absolute atomic E-state index is 12.5. The standard InChI is InChI=1S/C27H32BCl2N3O4/c1-19(37-27(35)28-2)33-24-18-21(10-8-20(24)9-11-25(33)34)36-17-4-3-12-31-13-15-32(16-14-31)23-7-5-6-22(29)26(23)30/h5-11,18-19,28H,3-4,12-17H2,1-2H3. The Hall–Kier alpha value is -2.68. The molecule has 1 atom stereocenters. The third kappa shape index (κ3) is 6.80. The fourth-order valence-corrected chi connectivity index (χ4v) is 5.02. The van der Waals surface area contributed by atoms with Crippen molar-refractivity contribution in [3.8, 4) is 5.75 Å². The second-order valence-electron chi connectivity index (χ2n) is 9.16. The van der Waals surface area contributed by atoms with Gasteiger partial charge in [-0.2, -0.15) is 0 Å². The fraction of sp³-hybridized carbons (Fsp3) is 0.407. The maximum atomic E-state index is 12.5. The number of piperazine rings is 1. The quantitative estimate of drug-likeness (QED) is 0.251. The smallest absolute Gasteiger partial charge is 0.257 e. The third-order valence-electron chi connectivity index (χ3n) is 6.64. The van der Waals surface area contributed by atoms with Crippen LogP contribution in [0.3, 0.4) is 0 Å². The summed E-state index contributed by atoms with van der Waals surface area (Å²) in [7, 11) is 0.254. The SMILES string of the molecule is CBC(=O)OC(C)n1c(=O)ccc2ccc(OCCCCN3CCN(c4cccc(Cl)c4Cl)CC3)cc21. The topological polar surface area (TPSA) is 64.0 Å². The van der Waals surface area contributed by atoms with Crippen LogP contribution in [0.1, 0.15) is 26.0 Å². The van der Waals surface area contributed by atoms with Crippen molar-refractivity contribution in [3.63, 3.8) is 0 Å². The Balaban J connectivity index is 1.26. The number of rotatable bonds is 10. The predicted octanol–water partition coefficient (Wildman–Crippen LogP) is 5.43. The molecule has 1 aliphatic rings. The number of carbonyl (C=O) groups excluding carboxylic acids is 1. The number of hydrogen-bond donors (Lipinski definition) is 0. The van der Waals surface area contributed by atoms with E-state index in [9.17, 15) is 9.59 Å². The molecular weight excluding hydrogens is 512 g/mol. The van der Waals surface area contributed by atoms with Crippen LogP contribution in [-0.2, 0) is 4.74 Å². The first kappa shape index (κ1) is 27.4. The Morgan fingerprint density at radius 3 is 2.57 bits per heavy atom. The van der Waals surface area contributed by atoms with Crippen LogP contribution < -0.4 is 15.2 Å². The molecule has 0 aliphatic carbocycles. The molecule has 0 spiro atoms. The number of nitrogens with zero attached hydrogens (tertiary/aromatic N) is 3. The summed E-state index contributed by atoms with van der Waals surface area (Å²) in [6, 6.07) is 14.7. The molecule has 1 aromatic heterocycles. The monoisotopic (exact) mass is 543 g/mol. The van der Waals surface area contributed by atoms with Crippen LogP contribution in [0.5, 0.6) is 5.75 Å². The molecule has 4 rings (SSSR count). The number of benzene rings is 2. The highest BCUT2D eigenvalue weighted by Gasteiger charge is 2.19. The van der Waals surface area contributed by atoms with Crippen molar-refractivity contribution in [2.75, 3.05) is 44.2 Å². The van der Waals surface area contributed by atoms with E-state index in [0.717, 1.165) is 56.6 Å². The first-order chi connectivity index (χ1) is 17.9. The van der Waals surface area contributed by atoms with Gasteiger partial charge in [-0.25, -0.2) is 0 Å². The van der Waals surface area contributed by atoms with Crippen LogP contribution in [0.4, 0.5) is 10.5 Å². The number of unbranched alkanes of at least 4 members (excludes halogenated alkanes) is 1. The van der Waals surface area contributed by atoms with E-state index in [0.29, 0.717) is 27.9 Å². The number of carbonyl (C=O) groups is 1. The molecule has 0 N–H and O–H groups in total. The zero-order valence-corrected chi connectivity index (χ0v) is 22.8. The summed E-state index contributed by atoms with van der Waals surface area (Å²) in [6.07, 6.45) is 1.25.